The first kappa shape index (κ1) is 49.9. The molecule has 0 aliphatic heterocycles. The number of unbranched alkanes of at least 4 members (excludes halogenated alkanes) is 22. The lowest BCUT2D eigenvalue weighted by molar-refractivity contribution is -0.154. The SMILES string of the molecule is CCCC/C=C\CCCCCCCC(=O)OC(COCCCCCCCCCC/C=C\CCCCCCCCC)COP(=O)(O)OCC(O)CO. The predicted molar refractivity (Wildman–Crippen MR) is 210 cm³/mol. The van der Waals surface area contributed by atoms with Gasteiger partial charge in [0, 0.05) is 13.0 Å². The number of phosphoric acid groups is 1. The van der Waals surface area contributed by atoms with Crippen molar-refractivity contribution in [2.75, 3.05) is 33.0 Å². The van der Waals surface area contributed by atoms with Crippen molar-refractivity contribution >= 4 is 13.8 Å². The monoisotopic (exact) mass is 747 g/mol. The second-order valence-corrected chi connectivity index (χ2v) is 15.5. The van der Waals surface area contributed by atoms with Gasteiger partial charge < -0.3 is 24.6 Å². The van der Waals surface area contributed by atoms with E-state index in [2.05, 4.69) is 38.2 Å². The largest absolute Gasteiger partial charge is 0.472 e. The van der Waals surface area contributed by atoms with Crippen molar-refractivity contribution < 1.29 is 43.0 Å². The number of hydrogen-bond acceptors (Lipinski definition) is 8. The lowest BCUT2D eigenvalue weighted by Crippen LogP contribution is -2.29. The van der Waals surface area contributed by atoms with Crippen molar-refractivity contribution in [2.45, 2.75) is 199 Å². The number of ether oxygens (including phenoxy) is 2. The minimum Gasteiger partial charge on any atom is -0.457 e. The maximum Gasteiger partial charge on any atom is 0.472 e. The molecular formula is C41H79O9P. The highest BCUT2D eigenvalue weighted by molar-refractivity contribution is 7.47. The zero-order chi connectivity index (χ0) is 37.5. The minimum atomic E-state index is -4.51. The molecule has 9 nitrogen and oxygen atoms in total. The molecule has 3 atom stereocenters. The molecule has 0 radical (unpaired) electrons. The van der Waals surface area contributed by atoms with Crippen LogP contribution in [0.3, 0.4) is 0 Å². The molecule has 0 heterocycles. The van der Waals surface area contributed by atoms with E-state index in [1.165, 1.54) is 103 Å². The summed E-state index contributed by atoms with van der Waals surface area (Å²) in [6, 6.07) is 0. The lowest BCUT2D eigenvalue weighted by Gasteiger charge is -2.20. The van der Waals surface area contributed by atoms with Crippen LogP contribution in [0, 0.1) is 0 Å². The highest BCUT2D eigenvalue weighted by Gasteiger charge is 2.26. The topological polar surface area (TPSA) is 132 Å². The molecule has 0 aromatic carbocycles. The molecule has 0 aliphatic rings. The molecule has 0 saturated carbocycles. The third-order valence-electron chi connectivity index (χ3n) is 8.86. The van der Waals surface area contributed by atoms with Crippen LogP contribution in [0.4, 0.5) is 0 Å². The molecule has 0 fully saturated rings. The van der Waals surface area contributed by atoms with Gasteiger partial charge in [0.2, 0.25) is 0 Å². The summed E-state index contributed by atoms with van der Waals surface area (Å²) in [7, 11) is -4.51. The Bertz CT molecular complexity index is 851. The average molecular weight is 747 g/mol. The van der Waals surface area contributed by atoms with Gasteiger partial charge in [0.1, 0.15) is 12.2 Å². The summed E-state index contributed by atoms with van der Waals surface area (Å²) in [4.78, 5) is 22.5. The van der Waals surface area contributed by atoms with Crippen molar-refractivity contribution in [1.82, 2.24) is 0 Å². The molecule has 0 spiro atoms. The molecule has 3 N–H and O–H groups in total. The van der Waals surface area contributed by atoms with Crippen LogP contribution in [0.1, 0.15) is 187 Å². The standard InChI is InChI=1S/C41H79O9P/c1-3-5-7-9-11-13-15-16-17-18-19-20-21-22-24-26-28-30-32-34-47-37-40(38-49-51(45,46)48-36-39(43)35-42)50-41(44)33-31-29-27-25-23-14-12-10-8-6-4-2/h10,12,17-18,39-40,42-43H,3-9,11,13-16,19-38H2,1-2H3,(H,45,46)/b12-10-,18-17-. The van der Waals surface area contributed by atoms with Crippen LogP contribution in [0.25, 0.3) is 0 Å². The maximum atomic E-state index is 12.5. The van der Waals surface area contributed by atoms with Gasteiger partial charge in [-0.25, -0.2) is 4.57 Å². The number of hydrogen-bond donors (Lipinski definition) is 3. The van der Waals surface area contributed by atoms with Crippen molar-refractivity contribution in [3.05, 3.63) is 24.3 Å². The van der Waals surface area contributed by atoms with Crippen molar-refractivity contribution in [1.29, 1.82) is 0 Å². The molecule has 51 heavy (non-hydrogen) atoms. The van der Waals surface area contributed by atoms with Crippen LogP contribution in [0.5, 0.6) is 0 Å². The van der Waals surface area contributed by atoms with Crippen LogP contribution in [0.15, 0.2) is 24.3 Å². The van der Waals surface area contributed by atoms with E-state index < -0.39 is 39.2 Å². The fraction of sp³-hybridized carbons (Fsp3) is 0.878. The summed E-state index contributed by atoms with van der Waals surface area (Å²) in [5.41, 5.74) is 0. The summed E-state index contributed by atoms with van der Waals surface area (Å²) >= 11 is 0. The van der Waals surface area contributed by atoms with Gasteiger partial charge in [0.25, 0.3) is 0 Å². The van der Waals surface area contributed by atoms with Crippen LogP contribution in [0.2, 0.25) is 0 Å². The molecule has 302 valence electrons. The second kappa shape index (κ2) is 38.7. The fourth-order valence-electron chi connectivity index (χ4n) is 5.62. The smallest absolute Gasteiger partial charge is 0.457 e. The number of carbonyl (C=O) groups is 1. The third-order valence-corrected chi connectivity index (χ3v) is 9.81. The van der Waals surface area contributed by atoms with Crippen LogP contribution in [-0.2, 0) is 27.9 Å². The zero-order valence-corrected chi connectivity index (χ0v) is 33.7. The van der Waals surface area contributed by atoms with Gasteiger partial charge in [-0.3, -0.25) is 13.8 Å². The molecule has 0 bridgehead atoms. The Morgan fingerprint density at radius 3 is 1.53 bits per heavy atom. The second-order valence-electron chi connectivity index (χ2n) is 14.0. The minimum absolute atomic E-state index is 0.0459. The van der Waals surface area contributed by atoms with E-state index in [0.717, 1.165) is 64.2 Å². The molecule has 10 heteroatoms. The van der Waals surface area contributed by atoms with Gasteiger partial charge in [0.05, 0.1) is 26.4 Å². The van der Waals surface area contributed by atoms with Gasteiger partial charge in [0.15, 0.2) is 0 Å². The average Bonchev–Trinajstić information content (AvgIpc) is 3.12. The molecule has 0 rings (SSSR count). The predicted octanol–water partition coefficient (Wildman–Crippen LogP) is 11.1. The summed E-state index contributed by atoms with van der Waals surface area (Å²) < 4.78 is 33.3. The van der Waals surface area contributed by atoms with Crippen molar-refractivity contribution in [3.8, 4) is 0 Å². The highest BCUT2D eigenvalue weighted by atomic mass is 31.2. The molecular weight excluding hydrogens is 667 g/mol. The Labute approximate surface area is 313 Å². The normalized spacial score (nSPS) is 14.4. The Kier molecular flexibility index (Phi) is 37.9. The number of carbonyl (C=O) groups excluding carboxylic acids is 1. The van der Waals surface area contributed by atoms with E-state index in [1.54, 1.807) is 0 Å². The van der Waals surface area contributed by atoms with E-state index in [-0.39, 0.29) is 19.6 Å². The number of allylic oxidation sites excluding steroid dienone is 4. The summed E-state index contributed by atoms with van der Waals surface area (Å²) in [5.74, 6) is -0.394. The molecule has 0 aromatic heterocycles. The first-order valence-electron chi connectivity index (χ1n) is 20.8. The van der Waals surface area contributed by atoms with E-state index in [1.807, 2.05) is 0 Å². The van der Waals surface area contributed by atoms with Gasteiger partial charge in [-0.05, 0) is 57.8 Å². The number of aliphatic hydroxyl groups excluding tert-OH is 2. The molecule has 0 aliphatic carbocycles. The zero-order valence-electron chi connectivity index (χ0n) is 32.8. The van der Waals surface area contributed by atoms with E-state index in [9.17, 15) is 19.4 Å². The Morgan fingerprint density at radius 1 is 0.588 bits per heavy atom. The molecule has 3 unspecified atom stereocenters. The van der Waals surface area contributed by atoms with Gasteiger partial charge in [-0.2, -0.15) is 0 Å². The quantitative estimate of drug-likeness (QED) is 0.0242. The van der Waals surface area contributed by atoms with Gasteiger partial charge >= 0.3 is 13.8 Å². The van der Waals surface area contributed by atoms with Gasteiger partial charge in [-0.15, -0.1) is 0 Å². The fourth-order valence-corrected chi connectivity index (χ4v) is 6.41. The van der Waals surface area contributed by atoms with E-state index in [0.29, 0.717) is 6.61 Å². The van der Waals surface area contributed by atoms with E-state index in [4.69, 9.17) is 23.6 Å². The van der Waals surface area contributed by atoms with Crippen molar-refractivity contribution in [2.24, 2.45) is 0 Å². The first-order chi connectivity index (χ1) is 24.8. The highest BCUT2D eigenvalue weighted by Crippen LogP contribution is 2.43. The molecule has 0 amide bonds. The number of aliphatic hydroxyl groups is 2. The summed E-state index contributed by atoms with van der Waals surface area (Å²) in [6.45, 7) is 3.47. The molecule has 0 aromatic rings. The van der Waals surface area contributed by atoms with Crippen molar-refractivity contribution in [3.63, 3.8) is 0 Å². The van der Waals surface area contributed by atoms with Crippen LogP contribution >= 0.6 is 7.82 Å². The van der Waals surface area contributed by atoms with E-state index >= 15 is 0 Å². The lowest BCUT2D eigenvalue weighted by atomic mass is 10.1. The third kappa shape index (κ3) is 38.5. The van der Waals surface area contributed by atoms with Crippen LogP contribution < -0.4 is 0 Å². The number of esters is 1. The Hall–Kier alpha value is -1.06. The van der Waals surface area contributed by atoms with Gasteiger partial charge in [-0.1, -0.05) is 147 Å². The number of rotatable bonds is 40. The van der Waals surface area contributed by atoms with Crippen LogP contribution in [-0.4, -0.2) is 66.3 Å². The maximum absolute atomic E-state index is 12.5. The molecule has 0 saturated heterocycles. The Morgan fingerprint density at radius 2 is 1.02 bits per heavy atom. The number of phosphoric ester groups is 1. The summed E-state index contributed by atoms with van der Waals surface area (Å²) in [5, 5.41) is 18.3. The Balaban J connectivity index is 4.13. The first-order valence-corrected chi connectivity index (χ1v) is 22.3. The summed E-state index contributed by atoms with van der Waals surface area (Å²) in [6.07, 6.45) is 38.5.